The first-order valence-corrected chi connectivity index (χ1v) is 10.1. The number of carbonyl (C=O) groups excluding carboxylic acids is 2. The Morgan fingerprint density at radius 2 is 2.00 bits per heavy atom. The molecule has 2 aromatic rings. The van der Waals surface area contributed by atoms with Gasteiger partial charge in [0, 0.05) is 24.3 Å². The molecule has 1 aliphatic heterocycles. The van der Waals surface area contributed by atoms with Crippen LogP contribution in [0, 0.1) is 0 Å². The lowest BCUT2D eigenvalue weighted by molar-refractivity contribution is 0.0946. The molecule has 4 nitrogen and oxygen atoms in total. The third-order valence-electron chi connectivity index (χ3n) is 4.71. The van der Waals surface area contributed by atoms with Gasteiger partial charge in [-0.05, 0) is 68.2 Å². The van der Waals surface area contributed by atoms with Crippen LogP contribution in [0.25, 0.3) is 11.1 Å². The minimum Gasteiger partial charge on any atom is -0.378 e. The number of benzene rings is 1. The van der Waals surface area contributed by atoms with Crippen molar-refractivity contribution in [2.45, 2.75) is 45.1 Å². The standard InChI is InChI=1S/C21H25NO3S/c1-15(23)20-19(11-14-26-20)16-7-9-17(10-8-16)21(24)22-12-3-2-5-18-6-4-13-25-18/h7-11,14,18H,2-6,12-13H2,1H3,(H,22,24). The molecule has 0 aliphatic carbocycles. The summed E-state index contributed by atoms with van der Waals surface area (Å²) in [4.78, 5) is 24.7. The van der Waals surface area contributed by atoms with Crippen molar-refractivity contribution in [2.24, 2.45) is 0 Å². The number of carbonyl (C=O) groups is 2. The van der Waals surface area contributed by atoms with Crippen LogP contribution in [0.5, 0.6) is 0 Å². The molecule has 1 amide bonds. The van der Waals surface area contributed by atoms with E-state index in [9.17, 15) is 9.59 Å². The Labute approximate surface area is 158 Å². The monoisotopic (exact) mass is 371 g/mol. The second-order valence-corrected chi connectivity index (χ2v) is 7.60. The van der Waals surface area contributed by atoms with Gasteiger partial charge >= 0.3 is 0 Å². The molecule has 1 N–H and O–H groups in total. The number of unbranched alkanes of at least 4 members (excludes halogenated alkanes) is 1. The Hall–Kier alpha value is -1.98. The molecule has 0 spiro atoms. The molecule has 3 rings (SSSR count). The zero-order valence-electron chi connectivity index (χ0n) is 15.1. The van der Waals surface area contributed by atoms with Crippen LogP contribution in [0.4, 0.5) is 0 Å². The number of hydrogen-bond acceptors (Lipinski definition) is 4. The lowest BCUT2D eigenvalue weighted by atomic mass is 10.0. The largest absolute Gasteiger partial charge is 0.378 e. The van der Waals surface area contributed by atoms with E-state index in [1.165, 1.54) is 24.2 Å². The fourth-order valence-corrected chi connectivity index (χ4v) is 4.10. The normalized spacial score (nSPS) is 16.6. The second kappa shape index (κ2) is 9.10. The zero-order valence-corrected chi connectivity index (χ0v) is 15.9. The van der Waals surface area contributed by atoms with E-state index in [-0.39, 0.29) is 11.7 Å². The highest BCUT2D eigenvalue weighted by Gasteiger charge is 2.15. The fraction of sp³-hybridized carbons (Fsp3) is 0.429. The number of rotatable bonds is 8. The van der Waals surface area contributed by atoms with Crippen LogP contribution < -0.4 is 5.32 Å². The molecular formula is C21H25NO3S. The predicted molar refractivity (Wildman–Crippen MR) is 105 cm³/mol. The molecule has 1 saturated heterocycles. The molecule has 0 bridgehead atoms. The molecule has 1 fully saturated rings. The van der Waals surface area contributed by atoms with Gasteiger partial charge in [0.25, 0.3) is 5.91 Å². The van der Waals surface area contributed by atoms with Gasteiger partial charge in [0.05, 0.1) is 11.0 Å². The lowest BCUT2D eigenvalue weighted by Gasteiger charge is -2.09. The summed E-state index contributed by atoms with van der Waals surface area (Å²) in [6, 6.07) is 9.39. The van der Waals surface area contributed by atoms with Crippen molar-refractivity contribution < 1.29 is 14.3 Å². The van der Waals surface area contributed by atoms with Gasteiger partial charge < -0.3 is 10.1 Å². The maximum absolute atomic E-state index is 12.2. The van der Waals surface area contributed by atoms with E-state index in [4.69, 9.17) is 4.74 Å². The van der Waals surface area contributed by atoms with Gasteiger partial charge in [0.1, 0.15) is 0 Å². The Morgan fingerprint density at radius 1 is 1.19 bits per heavy atom. The Bertz CT molecular complexity index is 745. The van der Waals surface area contributed by atoms with Crippen LogP contribution in [0.2, 0.25) is 0 Å². The Kier molecular flexibility index (Phi) is 6.58. The molecule has 0 radical (unpaired) electrons. The summed E-state index contributed by atoms with van der Waals surface area (Å²) in [5.41, 5.74) is 2.54. The van der Waals surface area contributed by atoms with E-state index in [1.54, 1.807) is 6.92 Å². The van der Waals surface area contributed by atoms with Gasteiger partial charge in [-0.1, -0.05) is 12.1 Å². The second-order valence-electron chi connectivity index (χ2n) is 6.68. The minimum absolute atomic E-state index is 0.0502. The summed E-state index contributed by atoms with van der Waals surface area (Å²) < 4.78 is 5.61. The summed E-state index contributed by atoms with van der Waals surface area (Å²) in [5.74, 6) is 0.0191. The summed E-state index contributed by atoms with van der Waals surface area (Å²) in [6.45, 7) is 3.17. The van der Waals surface area contributed by atoms with Crippen LogP contribution >= 0.6 is 11.3 Å². The van der Waals surface area contributed by atoms with Crippen molar-refractivity contribution in [1.82, 2.24) is 5.32 Å². The summed E-state index contributed by atoms with van der Waals surface area (Å²) in [5, 5.41) is 4.90. The number of hydrogen-bond donors (Lipinski definition) is 1. The van der Waals surface area contributed by atoms with Gasteiger partial charge in [0.2, 0.25) is 0 Å². The molecule has 26 heavy (non-hydrogen) atoms. The number of amides is 1. The van der Waals surface area contributed by atoms with Crippen LogP contribution in [0.3, 0.4) is 0 Å². The third-order valence-corrected chi connectivity index (χ3v) is 5.72. The van der Waals surface area contributed by atoms with Gasteiger partial charge in [0.15, 0.2) is 5.78 Å². The summed E-state index contributed by atoms with van der Waals surface area (Å²) in [6.07, 6.45) is 5.92. The SMILES string of the molecule is CC(=O)c1sccc1-c1ccc(C(=O)NCCCCC2CCCO2)cc1. The van der Waals surface area contributed by atoms with E-state index in [1.807, 2.05) is 35.7 Å². The minimum atomic E-state index is -0.0502. The van der Waals surface area contributed by atoms with Crippen molar-refractivity contribution >= 4 is 23.0 Å². The van der Waals surface area contributed by atoms with E-state index in [2.05, 4.69) is 5.32 Å². The van der Waals surface area contributed by atoms with E-state index < -0.39 is 0 Å². The van der Waals surface area contributed by atoms with Crippen LogP contribution in [0.1, 0.15) is 59.1 Å². The molecule has 1 aromatic heterocycles. The summed E-state index contributed by atoms with van der Waals surface area (Å²) in [7, 11) is 0. The Balaban J connectivity index is 1.47. The predicted octanol–water partition coefficient (Wildman–Crippen LogP) is 4.70. The highest BCUT2D eigenvalue weighted by Crippen LogP contribution is 2.28. The molecule has 138 valence electrons. The average molecular weight is 372 g/mol. The molecule has 1 aromatic carbocycles. The number of ether oxygens (including phenoxy) is 1. The smallest absolute Gasteiger partial charge is 0.251 e. The number of ketones is 1. The quantitative estimate of drug-likeness (QED) is 0.541. The highest BCUT2D eigenvalue weighted by atomic mass is 32.1. The zero-order chi connectivity index (χ0) is 18.4. The first kappa shape index (κ1) is 18.8. The van der Waals surface area contributed by atoms with E-state index in [0.29, 0.717) is 18.2 Å². The van der Waals surface area contributed by atoms with Gasteiger partial charge in [-0.2, -0.15) is 0 Å². The fourth-order valence-electron chi connectivity index (χ4n) is 3.28. The molecule has 1 aliphatic rings. The van der Waals surface area contributed by atoms with Gasteiger partial charge in [-0.15, -0.1) is 11.3 Å². The van der Waals surface area contributed by atoms with E-state index >= 15 is 0 Å². The van der Waals surface area contributed by atoms with Crippen LogP contribution in [-0.2, 0) is 4.74 Å². The average Bonchev–Trinajstić information content (AvgIpc) is 3.33. The lowest BCUT2D eigenvalue weighted by Crippen LogP contribution is -2.24. The molecule has 5 heteroatoms. The maximum atomic E-state index is 12.2. The molecule has 0 saturated carbocycles. The maximum Gasteiger partial charge on any atom is 0.251 e. The molecule has 2 heterocycles. The van der Waals surface area contributed by atoms with Crippen molar-refractivity contribution in [3.63, 3.8) is 0 Å². The van der Waals surface area contributed by atoms with Crippen LogP contribution in [-0.4, -0.2) is 30.9 Å². The number of Topliss-reactive ketones (excluding diaryl/α,β-unsaturated/α-hetero) is 1. The number of nitrogens with one attached hydrogen (secondary N) is 1. The third kappa shape index (κ3) is 4.80. The van der Waals surface area contributed by atoms with Gasteiger partial charge in [-0.3, -0.25) is 9.59 Å². The summed E-state index contributed by atoms with van der Waals surface area (Å²) >= 11 is 1.45. The first-order chi connectivity index (χ1) is 12.6. The molecule has 1 atom stereocenters. The number of thiophene rings is 1. The van der Waals surface area contributed by atoms with Crippen molar-refractivity contribution in [3.05, 3.63) is 46.2 Å². The molecular weight excluding hydrogens is 346 g/mol. The van der Waals surface area contributed by atoms with Crippen molar-refractivity contribution in [1.29, 1.82) is 0 Å². The topological polar surface area (TPSA) is 55.4 Å². The van der Waals surface area contributed by atoms with Crippen molar-refractivity contribution in [3.8, 4) is 11.1 Å². The first-order valence-electron chi connectivity index (χ1n) is 9.24. The van der Waals surface area contributed by atoms with Gasteiger partial charge in [-0.25, -0.2) is 0 Å². The van der Waals surface area contributed by atoms with Crippen molar-refractivity contribution in [2.75, 3.05) is 13.2 Å². The van der Waals surface area contributed by atoms with Crippen LogP contribution in [0.15, 0.2) is 35.7 Å². The Morgan fingerprint density at radius 3 is 2.69 bits per heavy atom. The highest BCUT2D eigenvalue weighted by molar-refractivity contribution is 7.12. The van der Waals surface area contributed by atoms with E-state index in [0.717, 1.165) is 41.9 Å². The molecule has 1 unspecified atom stereocenters.